The van der Waals surface area contributed by atoms with Crippen LogP contribution in [0.2, 0.25) is 0 Å². The fraction of sp³-hybridized carbons (Fsp3) is 0.400. The number of ketones is 1. The summed E-state index contributed by atoms with van der Waals surface area (Å²) in [6.45, 7) is 8.56. The van der Waals surface area contributed by atoms with Crippen LogP contribution in [0.4, 0.5) is 0 Å². The van der Waals surface area contributed by atoms with Crippen LogP contribution in [0.1, 0.15) is 13.8 Å². The SMILES string of the molecule is C#N.C=O.CC(C)=O.O=S(O)O. The van der Waals surface area contributed by atoms with Crippen molar-refractivity contribution >= 4 is 23.9 Å². The van der Waals surface area contributed by atoms with Crippen molar-refractivity contribution in [1.29, 1.82) is 5.26 Å². The van der Waals surface area contributed by atoms with Crippen molar-refractivity contribution in [2.24, 2.45) is 0 Å². The summed E-state index contributed by atoms with van der Waals surface area (Å²) >= 11 is -2.61. The van der Waals surface area contributed by atoms with Crippen molar-refractivity contribution < 1.29 is 22.9 Å². The Morgan fingerprint density at radius 1 is 1.33 bits per heavy atom. The van der Waals surface area contributed by atoms with E-state index in [0.29, 0.717) is 0 Å². The maximum atomic E-state index is 9.44. The third-order valence-corrected chi connectivity index (χ3v) is 0. The number of hydrogen-bond acceptors (Lipinski definition) is 4. The summed E-state index contributed by atoms with van der Waals surface area (Å²) in [7, 11) is 0. The maximum absolute atomic E-state index is 9.44. The monoisotopic (exact) mass is 197 g/mol. The summed E-state index contributed by atoms with van der Waals surface area (Å²) in [6, 6.07) is 0. The van der Waals surface area contributed by atoms with Gasteiger partial charge in [-0.25, -0.2) is 5.26 Å². The molecular formula is C5H11NO5S. The Bertz CT molecular complexity index is 115. The van der Waals surface area contributed by atoms with Crippen LogP contribution in [0.15, 0.2) is 0 Å². The zero-order chi connectivity index (χ0) is 11.2. The van der Waals surface area contributed by atoms with Gasteiger partial charge in [0.15, 0.2) is 0 Å². The number of nitriles is 1. The molecule has 0 aromatic heterocycles. The minimum absolute atomic E-state index is 0.167. The molecular weight excluding hydrogens is 186 g/mol. The lowest BCUT2D eigenvalue weighted by Gasteiger charge is -1.59. The second-order valence-corrected chi connectivity index (χ2v) is 1.60. The molecule has 0 amide bonds. The van der Waals surface area contributed by atoms with Crippen LogP contribution >= 0.6 is 0 Å². The highest BCUT2D eigenvalue weighted by Crippen LogP contribution is 1.50. The van der Waals surface area contributed by atoms with Gasteiger partial charge in [0.1, 0.15) is 12.6 Å². The third kappa shape index (κ3) is 459. The second kappa shape index (κ2) is 32.7. The first kappa shape index (κ1) is 22.4. The summed E-state index contributed by atoms with van der Waals surface area (Å²) < 4.78 is 22.8. The first-order chi connectivity index (χ1) is 5.46. The van der Waals surface area contributed by atoms with Crippen molar-refractivity contribution in [3.8, 4) is 6.57 Å². The highest BCUT2D eigenvalue weighted by molar-refractivity contribution is 7.73. The molecule has 0 aromatic carbocycles. The first-order valence-corrected chi connectivity index (χ1v) is 3.35. The van der Waals surface area contributed by atoms with Crippen LogP contribution in [0, 0.1) is 11.8 Å². The number of nitrogens with zero attached hydrogens (tertiary/aromatic N) is 1. The summed E-state index contributed by atoms with van der Waals surface area (Å²) in [5.41, 5.74) is 0. The average molecular weight is 197 g/mol. The fourth-order valence-electron chi connectivity index (χ4n) is 0. The largest absolute Gasteiger partial charge is 0.307 e. The van der Waals surface area contributed by atoms with Crippen molar-refractivity contribution in [1.82, 2.24) is 0 Å². The Kier molecular flexibility index (Phi) is 61.1. The van der Waals surface area contributed by atoms with Gasteiger partial charge in [0, 0.05) is 6.57 Å². The van der Waals surface area contributed by atoms with Crippen molar-refractivity contribution in [2.45, 2.75) is 13.8 Å². The molecule has 72 valence electrons. The van der Waals surface area contributed by atoms with E-state index in [4.69, 9.17) is 23.4 Å². The van der Waals surface area contributed by atoms with Gasteiger partial charge in [-0.05, 0) is 13.8 Å². The lowest BCUT2D eigenvalue weighted by molar-refractivity contribution is -0.115. The van der Waals surface area contributed by atoms with E-state index >= 15 is 0 Å². The Labute approximate surface area is 73.3 Å². The molecule has 0 atom stereocenters. The van der Waals surface area contributed by atoms with Crippen molar-refractivity contribution in [2.75, 3.05) is 0 Å². The Hall–Kier alpha value is -1.10. The lowest BCUT2D eigenvalue weighted by Crippen LogP contribution is -1.74. The predicted molar refractivity (Wildman–Crippen MR) is 43.5 cm³/mol. The molecule has 6 nitrogen and oxygen atoms in total. The maximum Gasteiger partial charge on any atom is 0.299 e. The molecule has 7 heteroatoms. The van der Waals surface area contributed by atoms with E-state index in [1.54, 1.807) is 0 Å². The molecule has 0 aromatic rings. The molecule has 0 heterocycles. The van der Waals surface area contributed by atoms with E-state index in [-0.39, 0.29) is 5.78 Å². The van der Waals surface area contributed by atoms with E-state index in [1.165, 1.54) is 13.8 Å². The predicted octanol–water partition coefficient (Wildman–Crippen LogP) is 0.231. The molecule has 0 rings (SSSR count). The van der Waals surface area contributed by atoms with Gasteiger partial charge in [0.05, 0.1) is 0 Å². The summed E-state index contributed by atoms with van der Waals surface area (Å²) in [5, 5.41) is 6.50. The Balaban J connectivity index is -0.0000000380. The smallest absolute Gasteiger partial charge is 0.299 e. The van der Waals surface area contributed by atoms with Crippen molar-refractivity contribution in [3.05, 3.63) is 0 Å². The quantitative estimate of drug-likeness (QED) is 0.537. The number of hydrogen-bond donors (Lipinski definition) is 2. The molecule has 0 unspecified atom stereocenters. The molecule has 0 radical (unpaired) electrons. The molecule has 0 bridgehead atoms. The van der Waals surface area contributed by atoms with Gasteiger partial charge in [-0.15, -0.1) is 0 Å². The van der Waals surface area contributed by atoms with Crippen LogP contribution < -0.4 is 0 Å². The highest BCUT2D eigenvalue weighted by Gasteiger charge is 1.63. The van der Waals surface area contributed by atoms with E-state index in [0.717, 1.165) is 0 Å². The summed E-state index contributed by atoms with van der Waals surface area (Å²) in [5.74, 6) is 0.167. The molecule has 0 saturated heterocycles. The number of rotatable bonds is 0. The fourth-order valence-corrected chi connectivity index (χ4v) is 0. The van der Waals surface area contributed by atoms with Crippen LogP contribution in [0.25, 0.3) is 0 Å². The highest BCUT2D eigenvalue weighted by atomic mass is 32.2. The first-order valence-electron chi connectivity index (χ1n) is 2.28. The standard InChI is InChI=1S/C3H6O.CHN.CH2O.H2O3S/c1-3(2)4;2*1-2;1-4(2)3/h1-2H3;1H;1H2;(H2,1,2,3). The van der Waals surface area contributed by atoms with Gasteiger partial charge in [0.25, 0.3) is 11.4 Å². The van der Waals surface area contributed by atoms with E-state index in [9.17, 15) is 4.79 Å². The molecule has 0 aliphatic carbocycles. The van der Waals surface area contributed by atoms with Gasteiger partial charge in [-0.1, -0.05) is 0 Å². The molecule has 12 heavy (non-hydrogen) atoms. The molecule has 0 saturated carbocycles. The van der Waals surface area contributed by atoms with Crippen LogP contribution in [0.5, 0.6) is 0 Å². The average Bonchev–Trinajstić information content (AvgIpc) is 1.93. The van der Waals surface area contributed by atoms with Crippen molar-refractivity contribution in [3.63, 3.8) is 0 Å². The van der Waals surface area contributed by atoms with Crippen LogP contribution in [-0.4, -0.2) is 25.9 Å². The molecule has 2 N–H and O–H groups in total. The van der Waals surface area contributed by atoms with Gasteiger partial charge < -0.3 is 9.59 Å². The summed E-state index contributed by atoms with van der Waals surface area (Å²) in [4.78, 5) is 17.4. The Morgan fingerprint density at radius 2 is 1.33 bits per heavy atom. The molecule has 0 spiro atoms. The van der Waals surface area contributed by atoms with Crippen LogP contribution in [-0.2, 0) is 21.0 Å². The Morgan fingerprint density at radius 3 is 1.33 bits per heavy atom. The zero-order valence-electron chi connectivity index (χ0n) is 6.76. The van der Waals surface area contributed by atoms with E-state index < -0.39 is 11.4 Å². The number of carbonyl (C=O) groups is 2. The van der Waals surface area contributed by atoms with Crippen LogP contribution in [0.3, 0.4) is 0 Å². The minimum Gasteiger partial charge on any atom is -0.307 e. The minimum atomic E-state index is -2.61. The molecule has 0 aliphatic rings. The van der Waals surface area contributed by atoms with Gasteiger partial charge >= 0.3 is 0 Å². The summed E-state index contributed by atoms with van der Waals surface area (Å²) in [6.07, 6.45) is 0. The topological polar surface area (TPSA) is 115 Å². The van der Waals surface area contributed by atoms with E-state index in [1.807, 2.05) is 6.79 Å². The number of Topliss-reactive ketones (excluding diaryl/α,β-unsaturated/α-hetero) is 1. The third-order valence-electron chi connectivity index (χ3n) is 0. The lowest BCUT2D eigenvalue weighted by atomic mass is 10.6. The van der Waals surface area contributed by atoms with Gasteiger partial charge in [-0.3, -0.25) is 9.11 Å². The molecule has 0 fully saturated rings. The molecule has 0 aliphatic heterocycles. The normalized spacial score (nSPS) is 5.58. The second-order valence-electron chi connectivity index (χ2n) is 1.14. The van der Waals surface area contributed by atoms with Gasteiger partial charge in [0.2, 0.25) is 0 Å². The van der Waals surface area contributed by atoms with Gasteiger partial charge in [-0.2, -0.15) is 4.21 Å². The van der Waals surface area contributed by atoms with E-state index in [2.05, 4.69) is 6.57 Å². The zero-order valence-corrected chi connectivity index (χ0v) is 7.58. The number of carbonyl (C=O) groups excluding carboxylic acids is 2.